The van der Waals surface area contributed by atoms with Crippen LogP contribution < -0.4 is 14.9 Å². The molecule has 1 aromatic carbocycles. The highest BCUT2D eigenvalue weighted by atomic mass is 16.5. The van der Waals surface area contributed by atoms with Crippen LogP contribution in [-0.2, 0) is 4.79 Å². The van der Waals surface area contributed by atoms with Crippen molar-refractivity contribution < 1.29 is 14.3 Å². The molecule has 1 aromatic heterocycles. The minimum Gasteiger partial charge on any atom is -0.490 e. The number of pyridine rings is 1. The van der Waals surface area contributed by atoms with E-state index in [1.54, 1.807) is 12.3 Å². The summed E-state index contributed by atoms with van der Waals surface area (Å²) in [6.45, 7) is 2.80. The molecule has 0 spiro atoms. The van der Waals surface area contributed by atoms with Gasteiger partial charge in [0.2, 0.25) is 0 Å². The van der Waals surface area contributed by atoms with Gasteiger partial charge in [0.25, 0.3) is 6.47 Å². The summed E-state index contributed by atoms with van der Waals surface area (Å²) in [5, 5.41) is 0.457. The van der Waals surface area contributed by atoms with E-state index in [0.29, 0.717) is 29.7 Å². The van der Waals surface area contributed by atoms with Crippen molar-refractivity contribution in [2.45, 2.75) is 13.3 Å². The summed E-state index contributed by atoms with van der Waals surface area (Å²) in [5.74, 6) is 0.695. The zero-order valence-electron chi connectivity index (χ0n) is 9.93. The van der Waals surface area contributed by atoms with Gasteiger partial charge in [-0.3, -0.25) is 9.59 Å². The number of carbonyl (C=O) groups is 1. The quantitative estimate of drug-likeness (QED) is 0.819. The Bertz CT molecular complexity index is 618. The van der Waals surface area contributed by atoms with E-state index in [1.165, 1.54) is 12.1 Å². The van der Waals surface area contributed by atoms with Crippen LogP contribution in [0.25, 0.3) is 10.9 Å². The molecule has 1 N–H and O–H groups in total. The first-order valence-electron chi connectivity index (χ1n) is 5.64. The van der Waals surface area contributed by atoms with Gasteiger partial charge in [-0.2, -0.15) is 0 Å². The molecule has 94 valence electrons. The van der Waals surface area contributed by atoms with Gasteiger partial charge in [-0.05, 0) is 12.5 Å². The number of aromatic amines is 1. The fourth-order valence-corrected chi connectivity index (χ4v) is 1.65. The molecule has 0 saturated heterocycles. The van der Waals surface area contributed by atoms with Gasteiger partial charge in [-0.25, -0.2) is 0 Å². The Kier molecular flexibility index (Phi) is 3.62. The molecule has 0 fully saturated rings. The number of nitrogens with one attached hydrogen (secondary N) is 1. The van der Waals surface area contributed by atoms with E-state index in [0.717, 1.165) is 6.42 Å². The highest BCUT2D eigenvalue weighted by Gasteiger charge is 2.09. The van der Waals surface area contributed by atoms with Gasteiger partial charge in [-0.1, -0.05) is 6.92 Å². The van der Waals surface area contributed by atoms with E-state index in [9.17, 15) is 9.59 Å². The Balaban J connectivity index is 2.56. The van der Waals surface area contributed by atoms with Crippen LogP contribution in [-0.4, -0.2) is 18.1 Å². The average molecular weight is 247 g/mol. The molecule has 0 radical (unpaired) electrons. The molecule has 5 nitrogen and oxygen atoms in total. The Morgan fingerprint density at radius 1 is 1.33 bits per heavy atom. The second-order valence-electron chi connectivity index (χ2n) is 3.75. The summed E-state index contributed by atoms with van der Waals surface area (Å²) in [7, 11) is 0. The number of carbonyl (C=O) groups excluding carboxylic acids is 1. The number of aromatic nitrogens is 1. The number of hydrogen-bond donors (Lipinski definition) is 1. The van der Waals surface area contributed by atoms with Crippen LogP contribution in [0.2, 0.25) is 0 Å². The number of fused-ring (bicyclic) bond motifs is 1. The largest absolute Gasteiger partial charge is 0.490 e. The minimum atomic E-state index is -0.137. The third-order valence-corrected chi connectivity index (χ3v) is 2.46. The van der Waals surface area contributed by atoms with Gasteiger partial charge in [0.15, 0.2) is 16.9 Å². The Morgan fingerprint density at radius 3 is 2.89 bits per heavy atom. The molecule has 0 aliphatic rings. The Hall–Kier alpha value is -2.30. The highest BCUT2D eigenvalue weighted by molar-refractivity contribution is 5.82. The average Bonchev–Trinajstić information content (AvgIpc) is 2.38. The molecule has 0 unspecified atom stereocenters. The molecule has 0 aliphatic carbocycles. The molecule has 5 heteroatoms. The number of rotatable bonds is 5. The lowest BCUT2D eigenvalue weighted by Gasteiger charge is -2.10. The smallest absolute Gasteiger partial charge is 0.298 e. The molecular weight excluding hydrogens is 234 g/mol. The maximum atomic E-state index is 11.7. The molecular formula is C13H13NO4. The second kappa shape index (κ2) is 5.35. The molecule has 2 aromatic rings. The topological polar surface area (TPSA) is 68.4 Å². The maximum Gasteiger partial charge on any atom is 0.298 e. The first-order valence-corrected chi connectivity index (χ1v) is 5.64. The van der Waals surface area contributed by atoms with E-state index < -0.39 is 0 Å². The van der Waals surface area contributed by atoms with Crippen LogP contribution in [0.4, 0.5) is 0 Å². The normalized spacial score (nSPS) is 10.3. The summed E-state index contributed by atoms with van der Waals surface area (Å²) in [6, 6.07) is 4.58. The molecule has 0 bridgehead atoms. The van der Waals surface area contributed by atoms with Crippen LogP contribution >= 0.6 is 0 Å². The van der Waals surface area contributed by atoms with Crippen molar-refractivity contribution in [1.82, 2.24) is 4.98 Å². The molecule has 1 heterocycles. The second-order valence-corrected chi connectivity index (χ2v) is 3.75. The summed E-state index contributed by atoms with van der Waals surface area (Å²) < 4.78 is 10.3. The van der Waals surface area contributed by atoms with E-state index in [-0.39, 0.29) is 11.2 Å². The minimum absolute atomic E-state index is 0.137. The molecule has 0 saturated carbocycles. The van der Waals surface area contributed by atoms with Crippen LogP contribution in [0.1, 0.15) is 13.3 Å². The third kappa shape index (κ3) is 2.34. The van der Waals surface area contributed by atoms with Crippen molar-refractivity contribution >= 4 is 17.4 Å². The molecule has 0 atom stereocenters. The number of hydrogen-bond acceptors (Lipinski definition) is 4. The fraction of sp³-hybridized carbons (Fsp3) is 0.231. The zero-order chi connectivity index (χ0) is 13.0. The van der Waals surface area contributed by atoms with Crippen LogP contribution in [0, 0.1) is 0 Å². The first-order chi connectivity index (χ1) is 8.76. The van der Waals surface area contributed by atoms with Crippen molar-refractivity contribution in [3.63, 3.8) is 0 Å². The van der Waals surface area contributed by atoms with Gasteiger partial charge in [0.1, 0.15) is 0 Å². The van der Waals surface area contributed by atoms with Crippen LogP contribution in [0.3, 0.4) is 0 Å². The van der Waals surface area contributed by atoms with Crippen molar-refractivity contribution in [1.29, 1.82) is 0 Å². The predicted molar refractivity (Wildman–Crippen MR) is 67.0 cm³/mol. The SMILES string of the molecule is CCCOc1cc2[nH]ccc(=O)c2cc1OC=O. The van der Waals surface area contributed by atoms with Gasteiger partial charge in [0.05, 0.1) is 12.1 Å². The van der Waals surface area contributed by atoms with E-state index in [1.807, 2.05) is 6.92 Å². The highest BCUT2D eigenvalue weighted by Crippen LogP contribution is 2.30. The predicted octanol–water partition coefficient (Wildman–Crippen LogP) is 1.85. The Morgan fingerprint density at radius 2 is 2.17 bits per heavy atom. The maximum absolute atomic E-state index is 11.7. The molecule has 2 rings (SSSR count). The lowest BCUT2D eigenvalue weighted by Crippen LogP contribution is -2.03. The summed E-state index contributed by atoms with van der Waals surface area (Å²) in [6.07, 6.45) is 2.40. The summed E-state index contributed by atoms with van der Waals surface area (Å²) in [5.41, 5.74) is 0.508. The van der Waals surface area contributed by atoms with E-state index >= 15 is 0 Å². The van der Waals surface area contributed by atoms with Crippen LogP contribution in [0.5, 0.6) is 11.5 Å². The van der Waals surface area contributed by atoms with Gasteiger partial charge >= 0.3 is 0 Å². The van der Waals surface area contributed by atoms with Crippen molar-refractivity contribution in [2.75, 3.05) is 6.61 Å². The van der Waals surface area contributed by atoms with E-state index in [4.69, 9.17) is 9.47 Å². The molecule has 18 heavy (non-hydrogen) atoms. The number of benzene rings is 1. The van der Waals surface area contributed by atoms with E-state index in [2.05, 4.69) is 4.98 Å². The lowest BCUT2D eigenvalue weighted by atomic mass is 10.2. The van der Waals surface area contributed by atoms with Crippen LogP contribution in [0.15, 0.2) is 29.2 Å². The Labute approximate surface area is 103 Å². The third-order valence-electron chi connectivity index (χ3n) is 2.46. The van der Waals surface area contributed by atoms with Crippen molar-refractivity contribution in [2.24, 2.45) is 0 Å². The standard InChI is InChI=1S/C13H13NO4/c1-2-5-17-13-7-10-9(6-12(13)18-8-15)11(16)3-4-14-10/h3-4,6-8H,2,5H2,1H3,(H,14,16). The van der Waals surface area contributed by atoms with Gasteiger partial charge in [0, 0.05) is 23.7 Å². The summed E-state index contributed by atoms with van der Waals surface area (Å²) >= 11 is 0. The molecule has 0 aliphatic heterocycles. The lowest BCUT2D eigenvalue weighted by molar-refractivity contribution is -0.120. The number of H-pyrrole nitrogens is 1. The zero-order valence-corrected chi connectivity index (χ0v) is 9.93. The first kappa shape index (κ1) is 12.2. The fourth-order valence-electron chi connectivity index (χ4n) is 1.65. The monoisotopic (exact) mass is 247 g/mol. The van der Waals surface area contributed by atoms with Gasteiger partial charge < -0.3 is 14.5 Å². The molecule has 0 amide bonds. The van der Waals surface area contributed by atoms with Gasteiger partial charge in [-0.15, -0.1) is 0 Å². The number of ether oxygens (including phenoxy) is 2. The van der Waals surface area contributed by atoms with Crippen molar-refractivity contribution in [3.8, 4) is 11.5 Å². The van der Waals surface area contributed by atoms with Crippen molar-refractivity contribution in [3.05, 3.63) is 34.6 Å². The summed E-state index contributed by atoms with van der Waals surface area (Å²) in [4.78, 5) is 25.1.